The van der Waals surface area contributed by atoms with Crippen molar-refractivity contribution in [1.82, 2.24) is 5.32 Å². The monoisotopic (exact) mass is 294 g/mol. The second-order valence-corrected chi connectivity index (χ2v) is 5.67. The molecule has 0 amide bonds. The Morgan fingerprint density at radius 1 is 1.14 bits per heavy atom. The first-order valence-electron chi connectivity index (χ1n) is 7.53. The molecule has 0 aliphatic carbocycles. The first kappa shape index (κ1) is 16.1. The minimum Gasteiger partial charge on any atom is -0.491 e. The molecule has 2 aromatic carbocycles. The lowest BCUT2D eigenvalue weighted by molar-refractivity contribution is 0.242. The number of hydrogen-bond donors (Lipinski definition) is 1. The molecule has 0 saturated carbocycles. The first-order valence-corrected chi connectivity index (χ1v) is 7.53. The summed E-state index contributed by atoms with van der Waals surface area (Å²) in [6.07, 6.45) is 0.122. The highest BCUT2D eigenvalue weighted by atomic mass is 16.5. The number of aryl methyl sites for hydroxylation is 1. The summed E-state index contributed by atoms with van der Waals surface area (Å²) in [7, 11) is 0. The van der Waals surface area contributed by atoms with Gasteiger partial charge in [0.05, 0.1) is 12.2 Å². The smallest absolute Gasteiger partial charge is 0.121 e. The van der Waals surface area contributed by atoms with Crippen molar-refractivity contribution >= 4 is 0 Å². The van der Waals surface area contributed by atoms with Gasteiger partial charge in [0.1, 0.15) is 11.8 Å². The SMILES string of the molecule is Cc1ccc(CNC(C#N)c2cccc(OC(C)C)c2)cc1. The molecule has 1 N–H and O–H groups in total. The highest BCUT2D eigenvalue weighted by Crippen LogP contribution is 2.20. The van der Waals surface area contributed by atoms with Crippen LogP contribution in [0.4, 0.5) is 0 Å². The molecule has 0 aliphatic heterocycles. The molecule has 0 saturated heterocycles. The lowest BCUT2D eigenvalue weighted by Gasteiger charge is -2.15. The normalized spacial score (nSPS) is 12.0. The third-order valence-electron chi connectivity index (χ3n) is 3.32. The summed E-state index contributed by atoms with van der Waals surface area (Å²) >= 11 is 0. The number of hydrogen-bond acceptors (Lipinski definition) is 3. The Kier molecular flexibility index (Phi) is 5.57. The lowest BCUT2D eigenvalue weighted by atomic mass is 10.1. The van der Waals surface area contributed by atoms with Crippen molar-refractivity contribution in [2.24, 2.45) is 0 Å². The molecule has 0 heterocycles. The molecule has 114 valence electrons. The fourth-order valence-corrected chi connectivity index (χ4v) is 2.20. The second kappa shape index (κ2) is 7.63. The molecule has 1 unspecified atom stereocenters. The fraction of sp³-hybridized carbons (Fsp3) is 0.316. The van der Waals surface area contributed by atoms with Gasteiger partial charge in [0.25, 0.3) is 0 Å². The molecule has 2 rings (SSSR count). The molecule has 22 heavy (non-hydrogen) atoms. The van der Waals surface area contributed by atoms with Gasteiger partial charge in [-0.25, -0.2) is 0 Å². The van der Waals surface area contributed by atoms with Crippen LogP contribution in [0.2, 0.25) is 0 Å². The predicted molar refractivity (Wildman–Crippen MR) is 88.6 cm³/mol. The largest absolute Gasteiger partial charge is 0.491 e. The highest BCUT2D eigenvalue weighted by Gasteiger charge is 2.11. The minimum atomic E-state index is -0.350. The van der Waals surface area contributed by atoms with Crippen LogP contribution in [0, 0.1) is 18.3 Å². The molecule has 3 nitrogen and oxygen atoms in total. The number of nitriles is 1. The molecular formula is C19H22N2O. The van der Waals surface area contributed by atoms with E-state index in [0.717, 1.165) is 11.3 Å². The van der Waals surface area contributed by atoms with E-state index in [9.17, 15) is 5.26 Å². The second-order valence-electron chi connectivity index (χ2n) is 5.67. The van der Waals surface area contributed by atoms with Crippen LogP contribution in [0.5, 0.6) is 5.75 Å². The van der Waals surface area contributed by atoms with E-state index in [1.165, 1.54) is 11.1 Å². The molecule has 2 aromatic rings. The molecule has 1 atom stereocenters. The zero-order chi connectivity index (χ0) is 15.9. The first-order chi connectivity index (χ1) is 10.6. The fourth-order valence-electron chi connectivity index (χ4n) is 2.20. The number of nitrogens with one attached hydrogen (secondary N) is 1. The molecular weight excluding hydrogens is 272 g/mol. The van der Waals surface area contributed by atoms with Crippen LogP contribution in [-0.2, 0) is 6.54 Å². The van der Waals surface area contributed by atoms with Crippen molar-refractivity contribution in [2.75, 3.05) is 0 Å². The van der Waals surface area contributed by atoms with Gasteiger partial charge in [-0.2, -0.15) is 5.26 Å². The van der Waals surface area contributed by atoms with Gasteiger partial charge in [-0.1, -0.05) is 42.0 Å². The Labute approximate surface area is 132 Å². The van der Waals surface area contributed by atoms with E-state index in [-0.39, 0.29) is 12.1 Å². The van der Waals surface area contributed by atoms with Gasteiger partial charge >= 0.3 is 0 Å². The maximum Gasteiger partial charge on any atom is 0.121 e. The van der Waals surface area contributed by atoms with Gasteiger partial charge < -0.3 is 4.74 Å². The summed E-state index contributed by atoms with van der Waals surface area (Å²) in [6, 6.07) is 18.0. The standard InChI is InChI=1S/C19H22N2O/c1-14(2)22-18-6-4-5-17(11-18)19(12-20)21-13-16-9-7-15(3)8-10-16/h4-11,14,19,21H,13H2,1-3H3. The Morgan fingerprint density at radius 2 is 1.86 bits per heavy atom. The maximum atomic E-state index is 9.42. The molecule has 0 aliphatic rings. The summed E-state index contributed by atoms with van der Waals surface area (Å²) in [5.74, 6) is 0.796. The van der Waals surface area contributed by atoms with Crippen LogP contribution < -0.4 is 10.1 Å². The van der Waals surface area contributed by atoms with Crippen molar-refractivity contribution in [3.63, 3.8) is 0 Å². The average Bonchev–Trinajstić information content (AvgIpc) is 2.49. The molecule has 0 aromatic heterocycles. The van der Waals surface area contributed by atoms with Crippen LogP contribution in [0.15, 0.2) is 48.5 Å². The van der Waals surface area contributed by atoms with E-state index in [1.54, 1.807) is 0 Å². The van der Waals surface area contributed by atoms with Crippen LogP contribution in [0.25, 0.3) is 0 Å². The van der Waals surface area contributed by atoms with Crippen LogP contribution >= 0.6 is 0 Å². The summed E-state index contributed by atoms with van der Waals surface area (Å²) < 4.78 is 5.69. The molecule has 0 bridgehead atoms. The van der Waals surface area contributed by atoms with Crippen molar-refractivity contribution < 1.29 is 4.74 Å². The number of ether oxygens (including phenoxy) is 1. The van der Waals surface area contributed by atoms with E-state index in [0.29, 0.717) is 6.54 Å². The maximum absolute atomic E-state index is 9.42. The van der Waals surface area contributed by atoms with Crippen molar-refractivity contribution in [2.45, 2.75) is 39.5 Å². The van der Waals surface area contributed by atoms with Gasteiger partial charge in [0.2, 0.25) is 0 Å². The Hall–Kier alpha value is -2.31. The number of rotatable bonds is 6. The topological polar surface area (TPSA) is 45.0 Å². The Bertz CT molecular complexity index is 641. The highest BCUT2D eigenvalue weighted by molar-refractivity contribution is 5.33. The van der Waals surface area contributed by atoms with E-state index < -0.39 is 0 Å². The van der Waals surface area contributed by atoms with E-state index in [1.807, 2.05) is 38.1 Å². The predicted octanol–water partition coefficient (Wildman–Crippen LogP) is 4.14. The van der Waals surface area contributed by atoms with Gasteiger partial charge in [-0.15, -0.1) is 0 Å². The number of nitrogens with zero attached hydrogens (tertiary/aromatic N) is 1. The van der Waals surface area contributed by atoms with Crippen molar-refractivity contribution in [3.8, 4) is 11.8 Å². The zero-order valence-electron chi connectivity index (χ0n) is 13.3. The lowest BCUT2D eigenvalue weighted by Crippen LogP contribution is -2.19. The average molecular weight is 294 g/mol. The minimum absolute atomic E-state index is 0.122. The molecule has 0 radical (unpaired) electrons. The van der Waals surface area contributed by atoms with Gasteiger partial charge in [0.15, 0.2) is 0 Å². The number of benzene rings is 2. The summed E-state index contributed by atoms with van der Waals surface area (Å²) in [5, 5.41) is 12.7. The summed E-state index contributed by atoms with van der Waals surface area (Å²) in [4.78, 5) is 0. The molecule has 3 heteroatoms. The molecule has 0 fully saturated rings. The van der Waals surface area contributed by atoms with Crippen LogP contribution in [0.3, 0.4) is 0 Å². The van der Waals surface area contributed by atoms with Crippen LogP contribution in [-0.4, -0.2) is 6.10 Å². The van der Waals surface area contributed by atoms with Gasteiger partial charge in [-0.05, 0) is 44.0 Å². The van der Waals surface area contributed by atoms with Crippen LogP contribution in [0.1, 0.15) is 36.6 Å². The third-order valence-corrected chi connectivity index (χ3v) is 3.32. The molecule has 0 spiro atoms. The Morgan fingerprint density at radius 3 is 2.50 bits per heavy atom. The van der Waals surface area contributed by atoms with Gasteiger partial charge in [-0.3, -0.25) is 5.32 Å². The zero-order valence-corrected chi connectivity index (χ0v) is 13.3. The Balaban J connectivity index is 2.05. The summed E-state index contributed by atoms with van der Waals surface area (Å²) in [5.41, 5.74) is 3.33. The van der Waals surface area contributed by atoms with Gasteiger partial charge in [0, 0.05) is 6.54 Å². The van der Waals surface area contributed by atoms with Crippen molar-refractivity contribution in [1.29, 1.82) is 5.26 Å². The van der Waals surface area contributed by atoms with E-state index in [4.69, 9.17) is 4.74 Å². The van der Waals surface area contributed by atoms with E-state index in [2.05, 4.69) is 42.6 Å². The van der Waals surface area contributed by atoms with Crippen molar-refractivity contribution in [3.05, 3.63) is 65.2 Å². The quantitative estimate of drug-likeness (QED) is 0.871. The third kappa shape index (κ3) is 4.61. The summed E-state index contributed by atoms with van der Waals surface area (Å²) in [6.45, 7) is 6.71. The van der Waals surface area contributed by atoms with E-state index >= 15 is 0 Å².